The minimum absolute atomic E-state index is 0.434. The van der Waals surface area contributed by atoms with Crippen LogP contribution in [0.3, 0.4) is 0 Å². The Morgan fingerprint density at radius 2 is 1.91 bits per heavy atom. The summed E-state index contributed by atoms with van der Waals surface area (Å²) in [6, 6.07) is 0. The van der Waals surface area contributed by atoms with E-state index in [0.29, 0.717) is 22.9 Å². The number of unbranched alkanes of at least 4 members (excludes halogenated alkanes) is 4. The summed E-state index contributed by atoms with van der Waals surface area (Å²) in [4.78, 5) is 0. The third-order valence-corrected chi connectivity index (χ3v) is 8.08. The summed E-state index contributed by atoms with van der Waals surface area (Å²) >= 11 is -0.631. The van der Waals surface area contributed by atoms with E-state index in [9.17, 15) is 0 Å². The van der Waals surface area contributed by atoms with Gasteiger partial charge in [-0.1, -0.05) is 0 Å². The maximum atomic E-state index is 5.40. The molecule has 0 radical (unpaired) electrons. The molecule has 0 aromatic heterocycles. The van der Waals surface area contributed by atoms with Crippen LogP contribution >= 0.6 is 0 Å². The molecule has 68 valence electrons. The number of hydrogen-bond donors (Lipinski definition) is 0. The third-order valence-electron chi connectivity index (χ3n) is 1.59. The van der Waals surface area contributed by atoms with Gasteiger partial charge in [-0.15, -0.1) is 0 Å². The fraction of sp³-hybridized carbons (Fsp3) is 1.00. The van der Waals surface area contributed by atoms with Gasteiger partial charge >= 0.3 is 95.0 Å². The molecule has 11 heavy (non-hydrogen) atoms. The first kappa shape index (κ1) is 12.5. The average molecular weight is 374 g/mol. The Bertz CT molecular complexity index is 63.5. The molecule has 0 rings (SSSR count). The van der Waals surface area contributed by atoms with Crippen molar-refractivity contribution >= 4 is 44.9 Å². The van der Waals surface area contributed by atoms with Crippen molar-refractivity contribution in [3.05, 3.63) is 0 Å². The zero-order valence-corrected chi connectivity index (χ0v) is 17.5. The van der Waals surface area contributed by atoms with Crippen LogP contribution < -0.4 is 0 Å². The summed E-state index contributed by atoms with van der Waals surface area (Å²) < 4.78 is 10.6. The summed E-state index contributed by atoms with van der Waals surface area (Å²) in [5.74, 6) is 0. The first-order valence-electron chi connectivity index (χ1n) is 4.48. The van der Waals surface area contributed by atoms with Gasteiger partial charge in [0.25, 0.3) is 0 Å². The molecule has 0 N–H and O–H groups in total. The molecular weight excluding hydrogens is 353 g/mol. The van der Waals surface area contributed by atoms with Crippen LogP contribution in [0.5, 0.6) is 0 Å². The van der Waals surface area contributed by atoms with Gasteiger partial charge in [-0.3, -0.25) is 0 Å². The van der Waals surface area contributed by atoms with Crippen LogP contribution in [0.25, 0.3) is 0 Å². The molecule has 0 saturated heterocycles. The molecule has 0 spiro atoms. The minimum atomic E-state index is -1.07. The second kappa shape index (κ2) is 11.5. The van der Waals surface area contributed by atoms with E-state index >= 15 is 0 Å². The van der Waals surface area contributed by atoms with Crippen molar-refractivity contribution in [1.82, 2.24) is 0 Å². The first-order valence-corrected chi connectivity index (χ1v) is 10.1. The molecule has 0 aromatic carbocycles. The van der Waals surface area contributed by atoms with Gasteiger partial charge in [0, 0.05) is 0 Å². The standard InChI is InChI=1S/C7H15O.O.2Sn.5H/c1-2-3-4-5-6-7-8;;;;;;;;/h2-7H2,1H3;;;;;;;;/q-1;;;+1;;;;;. The van der Waals surface area contributed by atoms with Crippen molar-refractivity contribution in [3.63, 3.8) is 0 Å². The molecule has 0 unspecified atom stereocenters. The molecule has 2 nitrogen and oxygen atoms in total. The van der Waals surface area contributed by atoms with Crippen LogP contribution in [0.15, 0.2) is 0 Å². The van der Waals surface area contributed by atoms with Crippen LogP contribution in [-0.4, -0.2) is 51.5 Å². The van der Waals surface area contributed by atoms with Crippen LogP contribution in [0, 0.1) is 0 Å². The zero-order chi connectivity index (χ0) is 8.36. The molecule has 0 aliphatic carbocycles. The summed E-state index contributed by atoms with van der Waals surface area (Å²) in [6.45, 7) is 3.21. The van der Waals surface area contributed by atoms with E-state index in [-0.39, 0.29) is 0 Å². The van der Waals surface area contributed by atoms with Crippen molar-refractivity contribution in [2.45, 2.75) is 39.0 Å². The van der Waals surface area contributed by atoms with E-state index in [2.05, 4.69) is 6.92 Å². The Kier molecular flexibility index (Phi) is 13.1. The topological polar surface area (TPSA) is 18.5 Å². The van der Waals surface area contributed by atoms with E-state index in [1.54, 1.807) is 0 Å². The molecular formula is C7H20O2Sn2. The summed E-state index contributed by atoms with van der Waals surface area (Å²) in [5, 5.41) is 0. The van der Waals surface area contributed by atoms with Crippen LogP contribution in [-0.2, 0) is 4.49 Å². The van der Waals surface area contributed by atoms with Gasteiger partial charge in [-0.2, -0.15) is 0 Å². The summed E-state index contributed by atoms with van der Waals surface area (Å²) in [6.07, 6.45) is 6.67. The molecule has 0 aliphatic heterocycles. The van der Waals surface area contributed by atoms with Gasteiger partial charge in [-0.05, 0) is 0 Å². The Morgan fingerprint density at radius 3 is 2.55 bits per heavy atom. The molecule has 0 amide bonds. The van der Waals surface area contributed by atoms with Crippen molar-refractivity contribution in [1.29, 1.82) is 0 Å². The molecule has 0 bridgehead atoms. The Morgan fingerprint density at radius 1 is 1.18 bits per heavy atom. The summed E-state index contributed by atoms with van der Waals surface area (Å²) in [7, 11) is 0. The average Bonchev–Trinajstić information content (AvgIpc) is 2.03. The normalized spacial score (nSPS) is 11.7. The molecule has 4 heteroatoms. The number of rotatable bonds is 8. The fourth-order valence-electron chi connectivity index (χ4n) is 0.950. The molecule has 0 heterocycles. The maximum absolute atomic E-state index is 5.40. The first-order chi connectivity index (χ1) is 5.41. The van der Waals surface area contributed by atoms with Gasteiger partial charge in [0.05, 0.1) is 0 Å². The monoisotopic (exact) mass is 376 g/mol. The van der Waals surface area contributed by atoms with E-state index in [0.717, 1.165) is 6.61 Å². The van der Waals surface area contributed by atoms with Crippen LogP contribution in [0.4, 0.5) is 0 Å². The SMILES string of the molecule is CCCCCCC[O][SnH2][O][SnH3]. The van der Waals surface area contributed by atoms with Crippen molar-refractivity contribution in [3.8, 4) is 0 Å². The van der Waals surface area contributed by atoms with Crippen LogP contribution in [0.2, 0.25) is 0 Å². The fourth-order valence-corrected chi connectivity index (χ4v) is 5.54. The van der Waals surface area contributed by atoms with E-state index in [1.807, 2.05) is 0 Å². The van der Waals surface area contributed by atoms with Gasteiger partial charge in [-0.25, -0.2) is 0 Å². The van der Waals surface area contributed by atoms with Crippen LogP contribution in [0.1, 0.15) is 39.0 Å². The second-order valence-electron chi connectivity index (χ2n) is 2.73. The molecule has 0 fully saturated rings. The Balaban J connectivity index is 2.69. The van der Waals surface area contributed by atoms with Gasteiger partial charge in [0.15, 0.2) is 0 Å². The molecule has 0 saturated carbocycles. The van der Waals surface area contributed by atoms with E-state index in [1.165, 1.54) is 32.1 Å². The Hall–Kier alpha value is 1.52. The van der Waals surface area contributed by atoms with E-state index < -0.39 is 22.0 Å². The Labute approximate surface area is 94.4 Å². The second-order valence-corrected chi connectivity index (χ2v) is 17.3. The predicted molar refractivity (Wildman–Crippen MR) is 54.3 cm³/mol. The third kappa shape index (κ3) is 11.5. The summed E-state index contributed by atoms with van der Waals surface area (Å²) in [5.41, 5.74) is 0. The van der Waals surface area contributed by atoms with Gasteiger partial charge in [0.2, 0.25) is 0 Å². The predicted octanol–water partition coefficient (Wildman–Crippen LogP) is 0.269. The number of hydrogen-bond acceptors (Lipinski definition) is 2. The van der Waals surface area contributed by atoms with Crippen molar-refractivity contribution in [2.75, 3.05) is 6.61 Å². The molecule has 0 aliphatic rings. The molecule has 0 atom stereocenters. The van der Waals surface area contributed by atoms with Gasteiger partial charge < -0.3 is 0 Å². The van der Waals surface area contributed by atoms with Crippen molar-refractivity contribution in [2.24, 2.45) is 0 Å². The zero-order valence-electron chi connectivity index (χ0n) is 7.77. The molecule has 0 aromatic rings. The van der Waals surface area contributed by atoms with E-state index in [4.69, 9.17) is 4.49 Å². The van der Waals surface area contributed by atoms with Crippen molar-refractivity contribution < 1.29 is 4.49 Å². The quantitative estimate of drug-likeness (QED) is 0.449. The van der Waals surface area contributed by atoms with Gasteiger partial charge in [0.1, 0.15) is 0 Å².